The molecule has 0 aromatic carbocycles. The van der Waals surface area contributed by atoms with Crippen molar-refractivity contribution in [1.82, 2.24) is 4.90 Å². The Morgan fingerprint density at radius 3 is 2.31 bits per heavy atom. The van der Waals surface area contributed by atoms with Crippen molar-refractivity contribution in [1.29, 1.82) is 0 Å². The SMILES string of the molecule is C=C1C(C(C)(C)C)C(CC)=CN1C. The minimum absolute atomic E-state index is 0.295. The highest BCUT2D eigenvalue weighted by molar-refractivity contribution is 5.28. The highest BCUT2D eigenvalue weighted by atomic mass is 15.1. The molecule has 0 amide bonds. The van der Waals surface area contributed by atoms with Gasteiger partial charge in [0, 0.05) is 24.9 Å². The minimum Gasteiger partial charge on any atom is -0.354 e. The van der Waals surface area contributed by atoms with Crippen LogP contribution in [0.15, 0.2) is 24.0 Å². The van der Waals surface area contributed by atoms with Crippen LogP contribution in [0, 0.1) is 11.3 Å². The van der Waals surface area contributed by atoms with Gasteiger partial charge in [0.2, 0.25) is 0 Å². The van der Waals surface area contributed by atoms with E-state index in [1.165, 1.54) is 11.3 Å². The van der Waals surface area contributed by atoms with Crippen LogP contribution in [0.25, 0.3) is 0 Å². The molecule has 1 heteroatoms. The summed E-state index contributed by atoms with van der Waals surface area (Å²) in [6, 6.07) is 0. The van der Waals surface area contributed by atoms with Gasteiger partial charge in [-0.25, -0.2) is 0 Å². The third kappa shape index (κ3) is 1.79. The van der Waals surface area contributed by atoms with Gasteiger partial charge in [-0.05, 0) is 17.4 Å². The maximum Gasteiger partial charge on any atom is 0.0261 e. The molecular weight excluding hydrogens is 158 g/mol. The molecule has 1 unspecified atom stereocenters. The van der Waals surface area contributed by atoms with Crippen molar-refractivity contribution in [3.8, 4) is 0 Å². The summed E-state index contributed by atoms with van der Waals surface area (Å²) in [6.45, 7) is 13.2. The molecule has 0 saturated carbocycles. The van der Waals surface area contributed by atoms with Crippen molar-refractivity contribution in [2.45, 2.75) is 34.1 Å². The molecule has 1 aliphatic rings. The Kier molecular flexibility index (Phi) is 2.56. The van der Waals surface area contributed by atoms with E-state index < -0.39 is 0 Å². The number of rotatable bonds is 1. The molecule has 13 heavy (non-hydrogen) atoms. The van der Waals surface area contributed by atoms with Crippen LogP contribution in [-0.4, -0.2) is 11.9 Å². The maximum atomic E-state index is 4.16. The second-order valence-electron chi connectivity index (χ2n) is 4.96. The van der Waals surface area contributed by atoms with Crippen LogP contribution in [0.5, 0.6) is 0 Å². The van der Waals surface area contributed by atoms with Crippen molar-refractivity contribution in [3.63, 3.8) is 0 Å². The predicted molar refractivity (Wildman–Crippen MR) is 58.2 cm³/mol. The zero-order chi connectivity index (χ0) is 10.2. The van der Waals surface area contributed by atoms with E-state index in [0.717, 1.165) is 6.42 Å². The van der Waals surface area contributed by atoms with Crippen molar-refractivity contribution >= 4 is 0 Å². The highest BCUT2D eigenvalue weighted by Crippen LogP contribution is 2.43. The molecule has 0 fully saturated rings. The first-order valence-electron chi connectivity index (χ1n) is 5.00. The second kappa shape index (κ2) is 3.21. The predicted octanol–water partition coefficient (Wildman–Crippen LogP) is 3.40. The Balaban J connectivity index is 2.97. The number of hydrogen-bond acceptors (Lipinski definition) is 1. The van der Waals surface area contributed by atoms with Gasteiger partial charge in [0.1, 0.15) is 0 Å². The molecule has 0 saturated heterocycles. The third-order valence-corrected chi connectivity index (χ3v) is 2.79. The average molecular weight is 179 g/mol. The van der Waals surface area contributed by atoms with Crippen molar-refractivity contribution < 1.29 is 0 Å². The van der Waals surface area contributed by atoms with Crippen LogP contribution >= 0.6 is 0 Å². The molecule has 74 valence electrons. The van der Waals surface area contributed by atoms with E-state index in [-0.39, 0.29) is 0 Å². The molecule has 1 heterocycles. The molecule has 0 radical (unpaired) electrons. The Bertz CT molecular complexity index is 242. The Hall–Kier alpha value is -0.720. The van der Waals surface area contributed by atoms with E-state index in [1.807, 2.05) is 0 Å². The average Bonchev–Trinajstić information content (AvgIpc) is 2.26. The van der Waals surface area contributed by atoms with Crippen LogP contribution in [-0.2, 0) is 0 Å². The fourth-order valence-corrected chi connectivity index (χ4v) is 2.18. The fraction of sp³-hybridized carbons (Fsp3) is 0.667. The largest absolute Gasteiger partial charge is 0.354 e. The summed E-state index contributed by atoms with van der Waals surface area (Å²) in [5.74, 6) is 0.530. The summed E-state index contributed by atoms with van der Waals surface area (Å²) >= 11 is 0. The lowest BCUT2D eigenvalue weighted by atomic mass is 9.75. The summed E-state index contributed by atoms with van der Waals surface area (Å²) in [6.07, 6.45) is 3.36. The van der Waals surface area contributed by atoms with Crippen LogP contribution < -0.4 is 0 Å². The van der Waals surface area contributed by atoms with Crippen LogP contribution in [0.2, 0.25) is 0 Å². The zero-order valence-electron chi connectivity index (χ0n) is 9.52. The minimum atomic E-state index is 0.295. The van der Waals surface area contributed by atoms with Crippen LogP contribution in [0.3, 0.4) is 0 Å². The molecular formula is C12H21N. The van der Waals surface area contributed by atoms with E-state index in [0.29, 0.717) is 11.3 Å². The van der Waals surface area contributed by atoms with Gasteiger partial charge < -0.3 is 4.90 Å². The molecule has 0 spiro atoms. The van der Waals surface area contributed by atoms with Gasteiger partial charge in [0.15, 0.2) is 0 Å². The normalized spacial score (nSPS) is 23.8. The first-order valence-corrected chi connectivity index (χ1v) is 5.00. The van der Waals surface area contributed by atoms with Crippen molar-refractivity contribution in [2.24, 2.45) is 11.3 Å². The molecule has 0 aromatic rings. The van der Waals surface area contributed by atoms with Crippen molar-refractivity contribution in [3.05, 3.63) is 24.0 Å². The van der Waals surface area contributed by atoms with E-state index in [1.54, 1.807) is 0 Å². The molecule has 0 aliphatic carbocycles. The molecule has 1 rings (SSSR count). The van der Waals surface area contributed by atoms with E-state index in [9.17, 15) is 0 Å². The smallest absolute Gasteiger partial charge is 0.0261 e. The summed E-state index contributed by atoms with van der Waals surface area (Å²) < 4.78 is 0. The molecule has 0 aromatic heterocycles. The van der Waals surface area contributed by atoms with Gasteiger partial charge in [0.25, 0.3) is 0 Å². The van der Waals surface area contributed by atoms with Gasteiger partial charge in [0.05, 0.1) is 0 Å². The lowest BCUT2D eigenvalue weighted by Crippen LogP contribution is -2.24. The zero-order valence-corrected chi connectivity index (χ0v) is 9.52. The van der Waals surface area contributed by atoms with Gasteiger partial charge in [-0.3, -0.25) is 0 Å². The molecule has 0 bridgehead atoms. The van der Waals surface area contributed by atoms with Gasteiger partial charge >= 0.3 is 0 Å². The van der Waals surface area contributed by atoms with Crippen LogP contribution in [0.4, 0.5) is 0 Å². The lowest BCUT2D eigenvalue weighted by molar-refractivity contribution is 0.298. The third-order valence-electron chi connectivity index (χ3n) is 2.79. The standard InChI is InChI=1S/C12H21N/c1-7-10-8-13(6)9(2)11(10)12(3,4)5/h8,11H,2,7H2,1,3-6H3. The molecule has 1 aliphatic heterocycles. The summed E-state index contributed by atoms with van der Waals surface area (Å²) in [7, 11) is 2.09. The topological polar surface area (TPSA) is 3.24 Å². The summed E-state index contributed by atoms with van der Waals surface area (Å²) in [5.41, 5.74) is 3.05. The fourth-order valence-electron chi connectivity index (χ4n) is 2.18. The quantitative estimate of drug-likeness (QED) is 0.596. The number of nitrogens with zero attached hydrogens (tertiary/aromatic N) is 1. The van der Waals surface area contributed by atoms with Crippen molar-refractivity contribution in [2.75, 3.05) is 7.05 Å². The highest BCUT2D eigenvalue weighted by Gasteiger charge is 2.34. The van der Waals surface area contributed by atoms with Gasteiger partial charge in [-0.15, -0.1) is 0 Å². The number of hydrogen-bond donors (Lipinski definition) is 0. The maximum absolute atomic E-state index is 4.16. The second-order valence-corrected chi connectivity index (χ2v) is 4.96. The Morgan fingerprint density at radius 1 is 1.46 bits per heavy atom. The first-order chi connectivity index (χ1) is 5.88. The Labute approximate surface area is 82.1 Å². The molecule has 1 atom stereocenters. The monoisotopic (exact) mass is 179 g/mol. The van der Waals surface area contributed by atoms with E-state index >= 15 is 0 Å². The van der Waals surface area contributed by atoms with Gasteiger partial charge in [-0.1, -0.05) is 34.3 Å². The van der Waals surface area contributed by atoms with Crippen LogP contribution in [0.1, 0.15) is 34.1 Å². The molecule has 0 N–H and O–H groups in total. The number of allylic oxidation sites excluding steroid dienone is 1. The first kappa shape index (κ1) is 10.4. The summed E-state index contributed by atoms with van der Waals surface area (Å²) in [4.78, 5) is 2.16. The van der Waals surface area contributed by atoms with Gasteiger partial charge in [-0.2, -0.15) is 0 Å². The van der Waals surface area contributed by atoms with E-state index in [2.05, 4.69) is 52.4 Å². The van der Waals surface area contributed by atoms with E-state index in [4.69, 9.17) is 0 Å². The Morgan fingerprint density at radius 2 is 2.00 bits per heavy atom. The lowest BCUT2D eigenvalue weighted by Gasteiger charge is -2.31. The summed E-state index contributed by atoms with van der Waals surface area (Å²) in [5, 5.41) is 0. The molecule has 1 nitrogen and oxygen atoms in total.